The fourth-order valence-corrected chi connectivity index (χ4v) is 2.22. The number of ether oxygens (including phenoxy) is 2. The van der Waals surface area contributed by atoms with Crippen molar-refractivity contribution in [3.63, 3.8) is 0 Å². The third kappa shape index (κ3) is 2.30. The van der Waals surface area contributed by atoms with Gasteiger partial charge >= 0.3 is 0 Å². The van der Waals surface area contributed by atoms with Crippen molar-refractivity contribution in [2.24, 2.45) is 5.10 Å². The molecule has 0 spiro atoms. The molecule has 1 aromatic carbocycles. The summed E-state index contributed by atoms with van der Waals surface area (Å²) in [4.78, 5) is 0. The van der Waals surface area contributed by atoms with Gasteiger partial charge in [-0.1, -0.05) is 18.5 Å². The number of benzene rings is 1. The van der Waals surface area contributed by atoms with Gasteiger partial charge in [0.1, 0.15) is 0 Å². The third-order valence-electron chi connectivity index (χ3n) is 2.84. The minimum Gasteiger partial charge on any atom is -0.454 e. The number of H-pyrrole nitrogens is 1. The van der Waals surface area contributed by atoms with Crippen LogP contribution in [-0.2, 0) is 6.42 Å². The zero-order valence-corrected chi connectivity index (χ0v) is 12.2. The highest BCUT2D eigenvalue weighted by Gasteiger charge is 2.15. The van der Waals surface area contributed by atoms with Gasteiger partial charge in [0.2, 0.25) is 11.6 Å². The van der Waals surface area contributed by atoms with E-state index in [4.69, 9.17) is 33.3 Å². The van der Waals surface area contributed by atoms with E-state index in [-0.39, 0.29) is 6.79 Å². The van der Waals surface area contributed by atoms with Crippen LogP contribution in [0.5, 0.6) is 11.5 Å². The summed E-state index contributed by atoms with van der Waals surface area (Å²) in [6, 6.07) is 3.49. The molecule has 104 valence electrons. The summed E-state index contributed by atoms with van der Waals surface area (Å²) in [6.07, 6.45) is 2.34. The van der Waals surface area contributed by atoms with Gasteiger partial charge in [-0.15, -0.1) is 0 Å². The molecule has 1 aromatic heterocycles. The van der Waals surface area contributed by atoms with E-state index in [0.717, 1.165) is 17.8 Å². The van der Waals surface area contributed by atoms with Gasteiger partial charge in [-0.05, 0) is 18.3 Å². The third-order valence-corrected chi connectivity index (χ3v) is 3.43. The van der Waals surface area contributed by atoms with Crippen LogP contribution in [0.2, 0.25) is 5.02 Å². The van der Waals surface area contributed by atoms with Crippen molar-refractivity contribution < 1.29 is 9.47 Å². The Hall–Kier alpha value is -1.86. The number of hydrogen-bond donors (Lipinski definition) is 1. The maximum absolute atomic E-state index is 6.18. The average Bonchev–Trinajstić information content (AvgIpc) is 3.02. The molecule has 0 amide bonds. The Morgan fingerprint density at radius 1 is 1.50 bits per heavy atom. The second-order valence-electron chi connectivity index (χ2n) is 4.08. The molecule has 1 aliphatic heterocycles. The molecule has 6 nitrogen and oxygen atoms in total. The Balaban J connectivity index is 1.97. The summed E-state index contributed by atoms with van der Waals surface area (Å²) in [5.74, 6) is 2.05. The first-order valence-electron chi connectivity index (χ1n) is 5.99. The Kier molecular flexibility index (Phi) is 3.45. The average molecular weight is 311 g/mol. The Morgan fingerprint density at radius 3 is 3.00 bits per heavy atom. The number of halogens is 1. The molecule has 8 heteroatoms. The zero-order valence-electron chi connectivity index (χ0n) is 10.6. The van der Waals surface area contributed by atoms with Gasteiger partial charge in [-0.3, -0.25) is 5.10 Å². The number of rotatable bonds is 3. The normalized spacial score (nSPS) is 13.3. The summed E-state index contributed by atoms with van der Waals surface area (Å²) in [5.41, 5.74) is 0.723. The molecule has 0 radical (unpaired) electrons. The van der Waals surface area contributed by atoms with E-state index in [1.807, 2.05) is 6.92 Å². The van der Waals surface area contributed by atoms with Gasteiger partial charge in [0.05, 0.1) is 11.2 Å². The molecule has 0 aliphatic carbocycles. The van der Waals surface area contributed by atoms with Crippen molar-refractivity contribution in [2.75, 3.05) is 6.79 Å². The number of aromatic nitrogens is 3. The molecule has 0 saturated carbocycles. The molecular weight excluding hydrogens is 300 g/mol. The van der Waals surface area contributed by atoms with E-state index >= 15 is 0 Å². The Morgan fingerprint density at radius 2 is 2.25 bits per heavy atom. The van der Waals surface area contributed by atoms with Crippen LogP contribution in [0.15, 0.2) is 17.2 Å². The second-order valence-corrected chi connectivity index (χ2v) is 4.88. The number of aryl methyl sites for hydroxylation is 1. The van der Waals surface area contributed by atoms with Gasteiger partial charge < -0.3 is 9.47 Å². The van der Waals surface area contributed by atoms with Crippen LogP contribution < -0.4 is 9.47 Å². The monoisotopic (exact) mass is 310 g/mol. The highest BCUT2D eigenvalue weighted by molar-refractivity contribution is 7.71. The SMILES string of the molecule is CCc1n[nH]c(=S)n1/N=C\c1cc2c(cc1Cl)OCO2. The van der Waals surface area contributed by atoms with E-state index in [9.17, 15) is 0 Å². The van der Waals surface area contributed by atoms with Gasteiger partial charge in [0.15, 0.2) is 17.3 Å². The molecular formula is C12H11ClN4O2S. The van der Waals surface area contributed by atoms with Crippen molar-refractivity contribution in [3.8, 4) is 11.5 Å². The fourth-order valence-electron chi connectivity index (χ4n) is 1.82. The first kappa shape index (κ1) is 13.1. The van der Waals surface area contributed by atoms with Crippen molar-refractivity contribution >= 4 is 30.0 Å². The number of fused-ring (bicyclic) bond motifs is 1. The molecule has 2 aromatic rings. The molecule has 2 heterocycles. The predicted molar refractivity (Wildman–Crippen MR) is 77.4 cm³/mol. The zero-order chi connectivity index (χ0) is 14.1. The van der Waals surface area contributed by atoms with Crippen LogP contribution in [0, 0.1) is 4.77 Å². The van der Waals surface area contributed by atoms with Gasteiger partial charge in [0, 0.05) is 18.1 Å². The molecule has 0 atom stereocenters. The largest absolute Gasteiger partial charge is 0.454 e. The molecule has 0 saturated heterocycles. The van der Waals surface area contributed by atoms with Gasteiger partial charge in [-0.2, -0.15) is 14.9 Å². The summed E-state index contributed by atoms with van der Waals surface area (Å²) < 4.78 is 12.6. The molecule has 0 fully saturated rings. The molecule has 1 N–H and O–H groups in total. The van der Waals surface area contributed by atoms with Gasteiger partial charge in [0.25, 0.3) is 0 Å². The highest BCUT2D eigenvalue weighted by Crippen LogP contribution is 2.36. The van der Waals surface area contributed by atoms with Crippen molar-refractivity contribution in [3.05, 3.63) is 33.3 Å². The van der Waals surface area contributed by atoms with Crippen LogP contribution in [0.4, 0.5) is 0 Å². The topological polar surface area (TPSA) is 64.4 Å². The van der Waals surface area contributed by atoms with Crippen LogP contribution in [0.1, 0.15) is 18.3 Å². The number of hydrogen-bond acceptors (Lipinski definition) is 5. The van der Waals surface area contributed by atoms with E-state index < -0.39 is 0 Å². The van der Waals surface area contributed by atoms with Crippen molar-refractivity contribution in [2.45, 2.75) is 13.3 Å². The highest BCUT2D eigenvalue weighted by atomic mass is 35.5. The maximum atomic E-state index is 6.18. The van der Waals surface area contributed by atoms with Crippen molar-refractivity contribution in [1.29, 1.82) is 0 Å². The quantitative estimate of drug-likeness (QED) is 0.699. The Labute approximate surface area is 125 Å². The smallest absolute Gasteiger partial charge is 0.231 e. The summed E-state index contributed by atoms with van der Waals surface area (Å²) in [6.45, 7) is 2.18. The maximum Gasteiger partial charge on any atom is 0.231 e. The standard InChI is InChI=1S/C12H11ClN4O2S/c1-2-11-15-16-12(20)17(11)14-5-7-3-9-10(4-8(7)13)19-6-18-9/h3-5H,2,6H2,1H3,(H,16,20)/b14-5-. The molecule has 0 bridgehead atoms. The van der Waals surface area contributed by atoms with Crippen LogP contribution in [-0.4, -0.2) is 27.9 Å². The molecule has 20 heavy (non-hydrogen) atoms. The van der Waals surface area contributed by atoms with E-state index in [2.05, 4.69) is 15.3 Å². The first-order valence-corrected chi connectivity index (χ1v) is 6.77. The van der Waals surface area contributed by atoms with Crippen LogP contribution >= 0.6 is 23.8 Å². The summed E-state index contributed by atoms with van der Waals surface area (Å²) >= 11 is 11.3. The summed E-state index contributed by atoms with van der Waals surface area (Å²) in [5, 5.41) is 11.6. The second kappa shape index (κ2) is 5.26. The van der Waals surface area contributed by atoms with E-state index in [0.29, 0.717) is 21.3 Å². The summed E-state index contributed by atoms with van der Waals surface area (Å²) in [7, 11) is 0. The lowest BCUT2D eigenvalue weighted by atomic mass is 10.2. The van der Waals surface area contributed by atoms with E-state index in [1.165, 1.54) is 0 Å². The minimum atomic E-state index is 0.207. The lowest BCUT2D eigenvalue weighted by Gasteiger charge is -2.01. The Bertz CT molecular complexity index is 738. The minimum absolute atomic E-state index is 0.207. The van der Waals surface area contributed by atoms with Crippen LogP contribution in [0.3, 0.4) is 0 Å². The number of nitrogens with one attached hydrogen (secondary N) is 1. The molecule has 3 rings (SSSR count). The van der Waals surface area contributed by atoms with Gasteiger partial charge in [-0.25, -0.2) is 0 Å². The van der Waals surface area contributed by atoms with Crippen LogP contribution in [0.25, 0.3) is 0 Å². The van der Waals surface area contributed by atoms with E-state index in [1.54, 1.807) is 23.0 Å². The number of aromatic amines is 1. The lowest BCUT2D eigenvalue weighted by Crippen LogP contribution is -1.97. The van der Waals surface area contributed by atoms with Crippen molar-refractivity contribution in [1.82, 2.24) is 14.9 Å². The number of nitrogens with zero attached hydrogens (tertiary/aromatic N) is 3. The first-order chi connectivity index (χ1) is 9.69. The molecule has 0 unspecified atom stereocenters. The predicted octanol–water partition coefficient (Wildman–Crippen LogP) is 2.77. The fraction of sp³-hybridized carbons (Fsp3) is 0.250. The lowest BCUT2D eigenvalue weighted by molar-refractivity contribution is 0.174. The molecule has 1 aliphatic rings.